The van der Waals surface area contributed by atoms with Gasteiger partial charge in [0, 0.05) is 49.8 Å². The topological polar surface area (TPSA) is 57.7 Å². The van der Waals surface area contributed by atoms with Gasteiger partial charge in [0.1, 0.15) is 0 Å². The van der Waals surface area contributed by atoms with Gasteiger partial charge in [-0.1, -0.05) is 0 Å². The number of alkyl halides is 3. The van der Waals surface area contributed by atoms with Crippen LogP contribution in [-0.2, 0) is 0 Å². The SMILES string of the molecule is Cc1cc(NC(=O)c2ccc(OCC(F)(F)F)nc2)ccc1N1CCN(C)CC1. The van der Waals surface area contributed by atoms with E-state index in [-0.39, 0.29) is 11.4 Å². The number of aryl methyl sites for hydroxylation is 1. The lowest BCUT2D eigenvalue weighted by molar-refractivity contribution is -0.154. The van der Waals surface area contributed by atoms with Crippen LogP contribution in [0.25, 0.3) is 0 Å². The van der Waals surface area contributed by atoms with Gasteiger partial charge in [0.25, 0.3) is 5.91 Å². The quantitative estimate of drug-likeness (QED) is 0.823. The zero-order chi connectivity index (χ0) is 21.0. The van der Waals surface area contributed by atoms with E-state index in [0.717, 1.165) is 37.4 Å². The van der Waals surface area contributed by atoms with Crippen LogP contribution in [0.3, 0.4) is 0 Å². The summed E-state index contributed by atoms with van der Waals surface area (Å²) in [4.78, 5) is 20.7. The Bertz CT molecular complexity index is 848. The lowest BCUT2D eigenvalue weighted by Gasteiger charge is -2.35. The van der Waals surface area contributed by atoms with Crippen molar-refractivity contribution in [3.05, 3.63) is 47.7 Å². The summed E-state index contributed by atoms with van der Waals surface area (Å²) in [6.45, 7) is 4.50. The van der Waals surface area contributed by atoms with Crippen LogP contribution in [0.15, 0.2) is 36.5 Å². The van der Waals surface area contributed by atoms with Crippen LogP contribution in [-0.4, -0.2) is 61.8 Å². The fourth-order valence-electron chi connectivity index (χ4n) is 3.09. The van der Waals surface area contributed by atoms with Crippen molar-refractivity contribution in [3.8, 4) is 5.88 Å². The van der Waals surface area contributed by atoms with E-state index in [4.69, 9.17) is 0 Å². The molecule has 156 valence electrons. The van der Waals surface area contributed by atoms with Gasteiger partial charge < -0.3 is 19.9 Å². The first kappa shape index (κ1) is 20.9. The summed E-state index contributed by atoms with van der Waals surface area (Å²) in [5.74, 6) is -0.585. The number of carbonyl (C=O) groups excluding carboxylic acids is 1. The summed E-state index contributed by atoms with van der Waals surface area (Å²) in [7, 11) is 2.10. The highest BCUT2D eigenvalue weighted by Gasteiger charge is 2.28. The maximum absolute atomic E-state index is 12.4. The Balaban J connectivity index is 1.61. The van der Waals surface area contributed by atoms with Crippen molar-refractivity contribution >= 4 is 17.3 Å². The number of amides is 1. The minimum Gasteiger partial charge on any atom is -0.468 e. The van der Waals surface area contributed by atoms with Crippen molar-refractivity contribution in [2.75, 3.05) is 50.1 Å². The van der Waals surface area contributed by atoms with Crippen molar-refractivity contribution < 1.29 is 22.7 Å². The van der Waals surface area contributed by atoms with Crippen molar-refractivity contribution in [2.24, 2.45) is 0 Å². The molecule has 0 aliphatic carbocycles. The van der Waals surface area contributed by atoms with Crippen LogP contribution in [0.1, 0.15) is 15.9 Å². The number of ether oxygens (including phenoxy) is 1. The summed E-state index contributed by atoms with van der Waals surface area (Å²) in [5.41, 5.74) is 3.07. The number of nitrogens with one attached hydrogen (secondary N) is 1. The molecule has 3 rings (SSSR count). The smallest absolute Gasteiger partial charge is 0.422 e. The van der Waals surface area contributed by atoms with Crippen LogP contribution in [0.4, 0.5) is 24.5 Å². The van der Waals surface area contributed by atoms with Crippen molar-refractivity contribution in [1.29, 1.82) is 0 Å². The second kappa shape index (κ2) is 8.69. The largest absolute Gasteiger partial charge is 0.468 e. The van der Waals surface area contributed by atoms with Gasteiger partial charge in [-0.15, -0.1) is 0 Å². The second-order valence-corrected chi connectivity index (χ2v) is 7.03. The van der Waals surface area contributed by atoms with Crippen LogP contribution < -0.4 is 15.0 Å². The number of nitrogens with zero attached hydrogens (tertiary/aromatic N) is 3. The molecule has 1 saturated heterocycles. The predicted octanol–water partition coefficient (Wildman–Crippen LogP) is 3.34. The van der Waals surface area contributed by atoms with Gasteiger partial charge >= 0.3 is 6.18 Å². The number of likely N-dealkylation sites (N-methyl/N-ethyl adjacent to an activating group) is 1. The first-order valence-corrected chi connectivity index (χ1v) is 9.22. The van der Waals surface area contributed by atoms with E-state index in [1.54, 1.807) is 0 Å². The average molecular weight is 408 g/mol. The molecule has 1 aliphatic heterocycles. The summed E-state index contributed by atoms with van der Waals surface area (Å²) >= 11 is 0. The van der Waals surface area contributed by atoms with E-state index in [9.17, 15) is 18.0 Å². The number of aromatic nitrogens is 1. The number of benzene rings is 1. The Labute approximate surface area is 167 Å². The van der Waals surface area contributed by atoms with Gasteiger partial charge in [0.2, 0.25) is 5.88 Å². The Morgan fingerprint density at radius 1 is 1.17 bits per heavy atom. The third kappa shape index (κ3) is 5.83. The Morgan fingerprint density at radius 3 is 2.48 bits per heavy atom. The Morgan fingerprint density at radius 2 is 1.90 bits per heavy atom. The molecule has 2 aromatic rings. The van der Waals surface area contributed by atoms with E-state index in [0.29, 0.717) is 5.69 Å². The molecule has 0 spiro atoms. The number of rotatable bonds is 5. The third-order valence-corrected chi connectivity index (χ3v) is 4.68. The molecule has 0 saturated carbocycles. The van der Waals surface area contributed by atoms with Crippen LogP contribution in [0, 0.1) is 6.92 Å². The molecule has 0 unspecified atom stereocenters. The molecule has 0 radical (unpaired) electrons. The molecule has 9 heteroatoms. The van der Waals surface area contributed by atoms with Crippen molar-refractivity contribution in [1.82, 2.24) is 9.88 Å². The number of carbonyl (C=O) groups is 1. The lowest BCUT2D eigenvalue weighted by atomic mass is 10.1. The van der Waals surface area contributed by atoms with E-state index >= 15 is 0 Å². The normalized spacial score (nSPS) is 15.3. The predicted molar refractivity (Wildman–Crippen MR) is 105 cm³/mol. The molecule has 6 nitrogen and oxygen atoms in total. The van der Waals surface area contributed by atoms with E-state index < -0.39 is 18.7 Å². The molecular weight excluding hydrogens is 385 g/mol. The number of hydrogen-bond donors (Lipinski definition) is 1. The molecule has 1 aromatic carbocycles. The number of hydrogen-bond acceptors (Lipinski definition) is 5. The first-order chi connectivity index (χ1) is 13.7. The van der Waals surface area contributed by atoms with E-state index in [1.807, 2.05) is 25.1 Å². The summed E-state index contributed by atoms with van der Waals surface area (Å²) in [6.07, 6.45) is -3.25. The number of halogens is 3. The maximum Gasteiger partial charge on any atom is 0.422 e. The van der Waals surface area contributed by atoms with Crippen LogP contribution in [0.5, 0.6) is 5.88 Å². The van der Waals surface area contributed by atoms with E-state index in [1.165, 1.54) is 18.3 Å². The van der Waals surface area contributed by atoms with Crippen molar-refractivity contribution in [3.63, 3.8) is 0 Å². The number of pyridine rings is 1. The molecule has 1 aromatic heterocycles. The molecule has 0 atom stereocenters. The third-order valence-electron chi connectivity index (χ3n) is 4.68. The van der Waals surface area contributed by atoms with Gasteiger partial charge in [0.05, 0.1) is 5.56 Å². The molecular formula is C20H23F3N4O2. The minimum absolute atomic E-state index is 0.189. The highest BCUT2D eigenvalue weighted by molar-refractivity contribution is 6.04. The summed E-state index contributed by atoms with van der Waals surface area (Å²) in [5, 5.41) is 2.79. The molecule has 1 aliphatic rings. The highest BCUT2D eigenvalue weighted by Crippen LogP contribution is 2.25. The molecule has 1 N–H and O–H groups in total. The molecule has 29 heavy (non-hydrogen) atoms. The first-order valence-electron chi connectivity index (χ1n) is 9.22. The Hall–Kier alpha value is -2.81. The van der Waals surface area contributed by atoms with Crippen molar-refractivity contribution in [2.45, 2.75) is 13.1 Å². The highest BCUT2D eigenvalue weighted by atomic mass is 19.4. The zero-order valence-electron chi connectivity index (χ0n) is 16.3. The summed E-state index contributed by atoms with van der Waals surface area (Å²) < 4.78 is 41.0. The van der Waals surface area contributed by atoms with E-state index in [2.05, 4.69) is 31.9 Å². The minimum atomic E-state index is -4.44. The summed E-state index contributed by atoms with van der Waals surface area (Å²) in [6, 6.07) is 8.34. The fraction of sp³-hybridized carbons (Fsp3) is 0.400. The van der Waals surface area contributed by atoms with Gasteiger partial charge in [-0.2, -0.15) is 13.2 Å². The lowest BCUT2D eigenvalue weighted by Crippen LogP contribution is -2.44. The molecule has 1 amide bonds. The van der Waals surface area contributed by atoms with Gasteiger partial charge in [-0.05, 0) is 43.8 Å². The average Bonchev–Trinajstić information content (AvgIpc) is 2.67. The maximum atomic E-state index is 12.4. The zero-order valence-corrected chi connectivity index (χ0v) is 16.3. The van der Waals surface area contributed by atoms with Crippen LogP contribution >= 0.6 is 0 Å². The number of anilines is 2. The van der Waals surface area contributed by atoms with Gasteiger partial charge in [-0.3, -0.25) is 4.79 Å². The molecule has 1 fully saturated rings. The van der Waals surface area contributed by atoms with Gasteiger partial charge in [-0.25, -0.2) is 4.98 Å². The standard InChI is InChI=1S/C20H23F3N4O2/c1-14-11-16(4-5-17(14)27-9-7-26(2)8-10-27)25-19(28)15-3-6-18(24-12-15)29-13-20(21,22)23/h3-6,11-12H,7-10,13H2,1-2H3,(H,25,28). The molecule has 2 heterocycles. The number of piperazine rings is 1. The van der Waals surface area contributed by atoms with Crippen LogP contribution in [0.2, 0.25) is 0 Å². The monoisotopic (exact) mass is 408 g/mol. The molecule has 0 bridgehead atoms. The fourth-order valence-corrected chi connectivity index (χ4v) is 3.09. The Kier molecular flexibility index (Phi) is 6.26. The second-order valence-electron chi connectivity index (χ2n) is 7.03. The van der Waals surface area contributed by atoms with Gasteiger partial charge in [0.15, 0.2) is 6.61 Å².